The summed E-state index contributed by atoms with van der Waals surface area (Å²) in [5, 5.41) is 9.50. The molecule has 0 radical (unpaired) electrons. The van der Waals surface area contributed by atoms with E-state index >= 15 is 0 Å². The first-order valence-corrected chi connectivity index (χ1v) is 7.84. The van der Waals surface area contributed by atoms with E-state index in [1.807, 2.05) is 24.3 Å². The quantitative estimate of drug-likeness (QED) is 0.813. The van der Waals surface area contributed by atoms with E-state index in [1.165, 1.54) is 23.1 Å². The van der Waals surface area contributed by atoms with Crippen LogP contribution in [0.2, 0.25) is 5.02 Å². The Morgan fingerprint density at radius 2 is 1.83 bits per heavy atom. The Kier molecular flexibility index (Phi) is 5.63. The molecule has 5 nitrogen and oxygen atoms in total. The Bertz CT molecular complexity index is 735. The molecule has 2 aromatic rings. The average Bonchev–Trinajstić information content (AvgIpc) is 2.50. The van der Waals surface area contributed by atoms with Crippen LogP contribution in [0.25, 0.3) is 0 Å². The van der Waals surface area contributed by atoms with Crippen molar-refractivity contribution in [1.29, 1.82) is 0 Å². The zero-order valence-electron chi connectivity index (χ0n) is 12.0. The second-order valence-electron chi connectivity index (χ2n) is 4.92. The van der Waals surface area contributed by atoms with Gasteiger partial charge in [0.1, 0.15) is 5.75 Å². The van der Waals surface area contributed by atoms with Gasteiger partial charge in [0, 0.05) is 16.6 Å². The van der Waals surface area contributed by atoms with Crippen LogP contribution in [0, 0.1) is 0 Å². The van der Waals surface area contributed by atoms with Crippen LogP contribution < -0.4 is 5.73 Å². The smallest absolute Gasteiger partial charge is 0.254 e. The van der Waals surface area contributed by atoms with Gasteiger partial charge in [0.25, 0.3) is 5.91 Å². The van der Waals surface area contributed by atoms with Gasteiger partial charge in [-0.3, -0.25) is 9.59 Å². The van der Waals surface area contributed by atoms with Crippen molar-refractivity contribution in [2.75, 3.05) is 6.54 Å². The van der Waals surface area contributed by atoms with Gasteiger partial charge < -0.3 is 15.7 Å². The number of hydrogen-bond acceptors (Lipinski definition) is 3. The predicted octanol–water partition coefficient (Wildman–Crippen LogP) is 2.94. The highest BCUT2D eigenvalue weighted by atomic mass is 79.9. The molecule has 120 valence electrons. The molecule has 0 saturated carbocycles. The third kappa shape index (κ3) is 4.71. The molecule has 0 spiro atoms. The Morgan fingerprint density at radius 3 is 2.39 bits per heavy atom. The summed E-state index contributed by atoms with van der Waals surface area (Å²) >= 11 is 9.17. The predicted molar refractivity (Wildman–Crippen MR) is 91.2 cm³/mol. The zero-order valence-corrected chi connectivity index (χ0v) is 14.3. The number of benzene rings is 2. The monoisotopic (exact) mass is 396 g/mol. The lowest BCUT2D eigenvalue weighted by atomic mass is 10.1. The number of primary amides is 1. The van der Waals surface area contributed by atoms with E-state index in [2.05, 4.69) is 15.9 Å². The molecular formula is C16H14BrClN2O3. The molecule has 23 heavy (non-hydrogen) atoms. The molecule has 2 rings (SSSR count). The Labute approximate surface area is 146 Å². The van der Waals surface area contributed by atoms with Crippen molar-refractivity contribution in [2.45, 2.75) is 6.54 Å². The van der Waals surface area contributed by atoms with Gasteiger partial charge in [0.05, 0.1) is 11.6 Å². The molecule has 0 bridgehead atoms. The van der Waals surface area contributed by atoms with E-state index in [1.54, 1.807) is 0 Å². The summed E-state index contributed by atoms with van der Waals surface area (Å²) in [6.45, 7) is 0.0148. The molecule has 2 amide bonds. The maximum atomic E-state index is 12.6. The van der Waals surface area contributed by atoms with Crippen LogP contribution in [0.4, 0.5) is 0 Å². The van der Waals surface area contributed by atoms with Gasteiger partial charge in [-0.2, -0.15) is 0 Å². The number of hydrogen-bond donors (Lipinski definition) is 2. The summed E-state index contributed by atoms with van der Waals surface area (Å²) in [5.41, 5.74) is 6.36. The third-order valence-corrected chi connectivity index (χ3v) is 3.95. The number of phenolic OH excluding ortho intramolecular Hbond substituents is 1. The highest BCUT2D eigenvalue weighted by Crippen LogP contribution is 2.24. The number of rotatable bonds is 5. The van der Waals surface area contributed by atoms with Gasteiger partial charge in [0.15, 0.2) is 0 Å². The lowest BCUT2D eigenvalue weighted by molar-refractivity contribution is -0.118. The molecule has 0 aliphatic heterocycles. The maximum absolute atomic E-state index is 12.6. The SMILES string of the molecule is NC(=O)CN(Cc1ccc(Br)cc1)C(=O)c1ccc(O)c(Cl)c1. The first kappa shape index (κ1) is 17.3. The van der Waals surface area contributed by atoms with Crippen molar-refractivity contribution in [1.82, 2.24) is 4.90 Å². The van der Waals surface area contributed by atoms with Gasteiger partial charge in [-0.05, 0) is 35.9 Å². The van der Waals surface area contributed by atoms with Crippen LogP contribution in [0.1, 0.15) is 15.9 Å². The largest absolute Gasteiger partial charge is 0.506 e. The molecular weight excluding hydrogens is 384 g/mol. The van der Waals surface area contributed by atoms with E-state index < -0.39 is 11.8 Å². The number of carbonyl (C=O) groups excluding carboxylic acids is 2. The highest BCUT2D eigenvalue weighted by Gasteiger charge is 2.19. The Hall–Kier alpha value is -2.05. The van der Waals surface area contributed by atoms with E-state index in [-0.39, 0.29) is 29.4 Å². The second kappa shape index (κ2) is 7.48. The fraction of sp³-hybridized carbons (Fsp3) is 0.125. The molecule has 0 fully saturated rings. The van der Waals surface area contributed by atoms with Crippen molar-refractivity contribution in [2.24, 2.45) is 5.73 Å². The van der Waals surface area contributed by atoms with Crippen molar-refractivity contribution in [3.63, 3.8) is 0 Å². The summed E-state index contributed by atoms with van der Waals surface area (Å²) < 4.78 is 0.916. The number of aromatic hydroxyl groups is 1. The molecule has 0 aliphatic rings. The minimum Gasteiger partial charge on any atom is -0.506 e. The number of phenols is 1. The van der Waals surface area contributed by atoms with Crippen molar-refractivity contribution in [3.8, 4) is 5.75 Å². The van der Waals surface area contributed by atoms with Gasteiger partial charge in [0.2, 0.25) is 5.91 Å². The fourth-order valence-corrected chi connectivity index (χ4v) is 2.47. The molecule has 0 atom stereocenters. The third-order valence-electron chi connectivity index (χ3n) is 3.12. The molecule has 7 heteroatoms. The van der Waals surface area contributed by atoms with Crippen LogP contribution in [-0.4, -0.2) is 28.4 Å². The summed E-state index contributed by atoms with van der Waals surface area (Å²) in [6, 6.07) is 11.5. The summed E-state index contributed by atoms with van der Waals surface area (Å²) in [4.78, 5) is 25.2. The summed E-state index contributed by atoms with van der Waals surface area (Å²) in [7, 11) is 0. The first-order chi connectivity index (χ1) is 10.9. The van der Waals surface area contributed by atoms with Crippen molar-refractivity contribution >= 4 is 39.3 Å². The number of nitrogens with two attached hydrogens (primary N) is 1. The van der Waals surface area contributed by atoms with Gasteiger partial charge in [-0.1, -0.05) is 39.7 Å². The number of carbonyl (C=O) groups is 2. The van der Waals surface area contributed by atoms with Crippen LogP contribution in [0.5, 0.6) is 5.75 Å². The lowest BCUT2D eigenvalue weighted by Gasteiger charge is -2.21. The van der Waals surface area contributed by atoms with Crippen LogP contribution in [0.3, 0.4) is 0 Å². The lowest BCUT2D eigenvalue weighted by Crippen LogP contribution is -2.38. The number of nitrogens with zero attached hydrogens (tertiary/aromatic N) is 1. The van der Waals surface area contributed by atoms with E-state index in [0.717, 1.165) is 10.0 Å². The van der Waals surface area contributed by atoms with Crippen molar-refractivity contribution in [3.05, 3.63) is 63.1 Å². The minimum absolute atomic E-state index is 0.0681. The van der Waals surface area contributed by atoms with E-state index in [0.29, 0.717) is 0 Å². The van der Waals surface area contributed by atoms with E-state index in [9.17, 15) is 14.7 Å². The summed E-state index contributed by atoms with van der Waals surface area (Å²) in [5.74, 6) is -1.12. The van der Waals surface area contributed by atoms with Gasteiger partial charge >= 0.3 is 0 Å². The average molecular weight is 398 g/mol. The maximum Gasteiger partial charge on any atom is 0.254 e. The topological polar surface area (TPSA) is 83.6 Å². The Morgan fingerprint density at radius 1 is 1.17 bits per heavy atom. The molecule has 3 N–H and O–H groups in total. The number of halogens is 2. The normalized spacial score (nSPS) is 10.3. The molecule has 0 unspecified atom stereocenters. The van der Waals surface area contributed by atoms with Crippen molar-refractivity contribution < 1.29 is 14.7 Å². The minimum atomic E-state index is -0.611. The molecule has 2 aromatic carbocycles. The van der Waals surface area contributed by atoms with Crippen LogP contribution in [0.15, 0.2) is 46.9 Å². The van der Waals surface area contributed by atoms with Crippen LogP contribution >= 0.6 is 27.5 Å². The van der Waals surface area contributed by atoms with E-state index in [4.69, 9.17) is 17.3 Å². The molecule has 0 aliphatic carbocycles. The van der Waals surface area contributed by atoms with Gasteiger partial charge in [-0.25, -0.2) is 0 Å². The molecule has 0 aromatic heterocycles. The summed E-state index contributed by atoms with van der Waals surface area (Å²) in [6.07, 6.45) is 0. The highest BCUT2D eigenvalue weighted by molar-refractivity contribution is 9.10. The number of amides is 2. The first-order valence-electron chi connectivity index (χ1n) is 6.67. The fourth-order valence-electron chi connectivity index (χ4n) is 2.02. The Balaban J connectivity index is 2.25. The second-order valence-corrected chi connectivity index (χ2v) is 6.24. The van der Waals surface area contributed by atoms with Crippen LogP contribution in [-0.2, 0) is 11.3 Å². The molecule has 0 saturated heterocycles. The standard InChI is InChI=1S/C16H14BrClN2O3/c17-12-4-1-10(2-5-12)8-20(9-15(19)22)16(23)11-3-6-14(21)13(18)7-11/h1-7,21H,8-9H2,(H2,19,22). The molecule has 0 heterocycles. The van der Waals surface area contributed by atoms with Gasteiger partial charge in [-0.15, -0.1) is 0 Å². The zero-order chi connectivity index (χ0) is 17.0.